The number of esters is 1. The molecule has 7 rings (SSSR count). The summed E-state index contributed by atoms with van der Waals surface area (Å²) in [5.41, 5.74) is 11.9. The molecular formula is C56H61N3O10. The lowest BCUT2D eigenvalue weighted by Gasteiger charge is -2.46. The molecule has 360 valence electrons. The first-order chi connectivity index (χ1) is 33.8. The SMILES string of the molecule is C[C@H](NC(=O)[C@@H](N)CO[C@H]1O[C@H](COCc2ccccc2)[C@@H](OCc2ccccc2)[C@H](OCc2ccccc2)[C@@H]1OCc1ccccc1)C(=O)N[C@@H](Cc1ccccc1)C(=O)OCc1ccccc1. The molecule has 0 unspecified atom stereocenters. The van der Waals surface area contributed by atoms with E-state index >= 15 is 0 Å². The van der Waals surface area contributed by atoms with Gasteiger partial charge in [0.15, 0.2) is 6.29 Å². The quantitative estimate of drug-likeness (QED) is 0.0506. The molecule has 8 atom stereocenters. The second-order valence-corrected chi connectivity index (χ2v) is 16.8. The second-order valence-electron chi connectivity index (χ2n) is 16.8. The number of carbonyl (C=O) groups is 3. The monoisotopic (exact) mass is 935 g/mol. The first-order valence-corrected chi connectivity index (χ1v) is 23.2. The molecule has 0 radical (unpaired) electrons. The summed E-state index contributed by atoms with van der Waals surface area (Å²) >= 11 is 0. The molecule has 0 bridgehead atoms. The lowest BCUT2D eigenvalue weighted by Crippen LogP contribution is -2.62. The zero-order valence-electron chi connectivity index (χ0n) is 38.8. The topological polar surface area (TPSA) is 166 Å². The largest absolute Gasteiger partial charge is 0.459 e. The van der Waals surface area contributed by atoms with Crippen molar-refractivity contribution < 1.29 is 47.5 Å². The van der Waals surface area contributed by atoms with E-state index in [9.17, 15) is 14.4 Å². The van der Waals surface area contributed by atoms with Crippen LogP contribution in [-0.4, -0.2) is 79.8 Å². The fourth-order valence-corrected chi connectivity index (χ4v) is 7.71. The normalized spacial score (nSPS) is 19.1. The molecule has 69 heavy (non-hydrogen) atoms. The molecule has 1 heterocycles. The van der Waals surface area contributed by atoms with Crippen molar-refractivity contribution in [1.29, 1.82) is 0 Å². The van der Waals surface area contributed by atoms with Crippen LogP contribution in [0.4, 0.5) is 0 Å². The van der Waals surface area contributed by atoms with E-state index in [0.717, 1.165) is 33.4 Å². The molecule has 2 amide bonds. The molecule has 0 aromatic heterocycles. The maximum atomic E-state index is 13.7. The fourth-order valence-electron chi connectivity index (χ4n) is 7.71. The standard InChI is InChI=1S/C56H61N3O10/c1-40(53(60)59-48(32-41-20-8-2-9-21-41)55(62)67-37-46-30-18-7-19-31-46)58-54(61)47(57)38-68-56-52(66-36-45-28-16-6-17-29-45)51(65-35-44-26-14-5-15-27-44)50(64-34-43-24-12-4-13-25-43)49(69-56)39-63-33-42-22-10-3-11-23-42/h2-31,40,47-52,56H,32-39,57H2,1H3,(H,58,61)(H,59,60)/t40-,47-,48-,49+,50+,51-,52-,56-/m0/s1. The lowest BCUT2D eigenvalue weighted by molar-refractivity contribution is -0.328. The average Bonchev–Trinajstić information content (AvgIpc) is 3.39. The van der Waals surface area contributed by atoms with Crippen LogP contribution in [0.2, 0.25) is 0 Å². The summed E-state index contributed by atoms with van der Waals surface area (Å²) in [6.45, 7) is 2.32. The second kappa shape index (κ2) is 26.9. The van der Waals surface area contributed by atoms with Gasteiger partial charge in [-0.1, -0.05) is 182 Å². The molecule has 1 aliphatic heterocycles. The van der Waals surface area contributed by atoms with E-state index in [0.29, 0.717) is 6.61 Å². The molecule has 6 aromatic carbocycles. The number of rotatable bonds is 25. The van der Waals surface area contributed by atoms with Gasteiger partial charge in [-0.05, 0) is 40.3 Å². The van der Waals surface area contributed by atoms with Crippen molar-refractivity contribution in [3.8, 4) is 0 Å². The summed E-state index contributed by atoms with van der Waals surface area (Å²) in [5, 5.41) is 5.46. The number of amides is 2. The van der Waals surface area contributed by atoms with Crippen LogP contribution in [0.25, 0.3) is 0 Å². The Balaban J connectivity index is 1.06. The minimum absolute atomic E-state index is 0.0353. The summed E-state index contributed by atoms with van der Waals surface area (Å²) in [7, 11) is 0. The minimum atomic E-state index is -1.25. The Bertz CT molecular complexity index is 2420. The van der Waals surface area contributed by atoms with Crippen molar-refractivity contribution in [1.82, 2.24) is 10.6 Å². The van der Waals surface area contributed by atoms with Crippen molar-refractivity contribution in [3.05, 3.63) is 215 Å². The summed E-state index contributed by atoms with van der Waals surface area (Å²) in [4.78, 5) is 40.7. The van der Waals surface area contributed by atoms with Crippen LogP contribution in [0.5, 0.6) is 0 Å². The third-order valence-electron chi connectivity index (χ3n) is 11.5. The van der Waals surface area contributed by atoms with Crippen molar-refractivity contribution in [2.24, 2.45) is 5.73 Å². The minimum Gasteiger partial charge on any atom is -0.459 e. The van der Waals surface area contributed by atoms with Crippen LogP contribution in [0.15, 0.2) is 182 Å². The van der Waals surface area contributed by atoms with Crippen LogP contribution < -0.4 is 16.4 Å². The van der Waals surface area contributed by atoms with Gasteiger partial charge in [0.1, 0.15) is 49.1 Å². The summed E-state index contributed by atoms with van der Waals surface area (Å²) < 4.78 is 45.3. The van der Waals surface area contributed by atoms with Gasteiger partial charge in [0.05, 0.1) is 39.6 Å². The molecular weight excluding hydrogens is 875 g/mol. The van der Waals surface area contributed by atoms with E-state index in [1.54, 1.807) is 0 Å². The van der Waals surface area contributed by atoms with Gasteiger partial charge in [0, 0.05) is 6.42 Å². The Hall–Kier alpha value is -6.55. The van der Waals surface area contributed by atoms with Gasteiger partial charge < -0.3 is 49.5 Å². The lowest BCUT2D eigenvalue weighted by atomic mass is 9.97. The van der Waals surface area contributed by atoms with E-state index in [4.69, 9.17) is 38.9 Å². The Morgan fingerprint density at radius 1 is 0.507 bits per heavy atom. The molecule has 4 N–H and O–H groups in total. The number of benzene rings is 6. The molecule has 13 heteroatoms. The van der Waals surface area contributed by atoms with E-state index in [2.05, 4.69) is 10.6 Å². The highest BCUT2D eigenvalue weighted by molar-refractivity contribution is 5.91. The Kier molecular flexibility index (Phi) is 19.6. The van der Waals surface area contributed by atoms with Crippen molar-refractivity contribution in [2.75, 3.05) is 13.2 Å². The predicted molar refractivity (Wildman–Crippen MR) is 260 cm³/mol. The van der Waals surface area contributed by atoms with E-state index in [-0.39, 0.29) is 46.1 Å². The number of hydrogen-bond donors (Lipinski definition) is 3. The maximum absolute atomic E-state index is 13.7. The smallest absolute Gasteiger partial charge is 0.329 e. The van der Waals surface area contributed by atoms with Gasteiger partial charge in [-0.15, -0.1) is 0 Å². The molecule has 1 fully saturated rings. The van der Waals surface area contributed by atoms with Gasteiger partial charge in [-0.2, -0.15) is 0 Å². The molecule has 1 aliphatic rings. The van der Waals surface area contributed by atoms with Crippen molar-refractivity contribution in [3.63, 3.8) is 0 Å². The van der Waals surface area contributed by atoms with Gasteiger partial charge in [-0.3, -0.25) is 9.59 Å². The number of carbonyl (C=O) groups excluding carboxylic acids is 3. The molecule has 0 saturated carbocycles. The van der Waals surface area contributed by atoms with Crippen LogP contribution in [-0.2, 0) is 87.0 Å². The number of nitrogens with one attached hydrogen (secondary N) is 2. The summed E-state index contributed by atoms with van der Waals surface area (Å²) in [6, 6.07) is 54.3. The van der Waals surface area contributed by atoms with Gasteiger partial charge in [0.2, 0.25) is 11.8 Å². The molecule has 0 aliphatic carbocycles. The summed E-state index contributed by atoms with van der Waals surface area (Å²) in [6.07, 6.45) is -4.02. The Morgan fingerprint density at radius 2 is 0.928 bits per heavy atom. The van der Waals surface area contributed by atoms with Crippen LogP contribution in [0, 0.1) is 0 Å². The van der Waals surface area contributed by atoms with Gasteiger partial charge in [-0.25, -0.2) is 4.79 Å². The average molecular weight is 936 g/mol. The Morgan fingerprint density at radius 3 is 1.42 bits per heavy atom. The fraction of sp³-hybridized carbons (Fsp3) is 0.304. The van der Waals surface area contributed by atoms with Crippen molar-refractivity contribution >= 4 is 17.8 Å². The predicted octanol–water partition coefficient (Wildman–Crippen LogP) is 7.00. The van der Waals surface area contributed by atoms with E-state index in [1.165, 1.54) is 6.92 Å². The molecule has 13 nitrogen and oxygen atoms in total. The first kappa shape index (κ1) is 50.3. The maximum Gasteiger partial charge on any atom is 0.329 e. The number of ether oxygens (including phenoxy) is 7. The van der Waals surface area contributed by atoms with Gasteiger partial charge in [0.25, 0.3) is 0 Å². The van der Waals surface area contributed by atoms with E-state index < -0.39 is 66.6 Å². The van der Waals surface area contributed by atoms with Crippen LogP contribution in [0.1, 0.15) is 40.3 Å². The van der Waals surface area contributed by atoms with Crippen LogP contribution >= 0.6 is 0 Å². The first-order valence-electron chi connectivity index (χ1n) is 23.2. The number of nitrogens with two attached hydrogens (primary N) is 1. The van der Waals surface area contributed by atoms with Crippen molar-refractivity contribution in [2.45, 2.75) is 95.2 Å². The third kappa shape index (κ3) is 16.0. The molecule has 0 spiro atoms. The molecule has 6 aromatic rings. The highest BCUT2D eigenvalue weighted by Crippen LogP contribution is 2.32. The highest BCUT2D eigenvalue weighted by atomic mass is 16.7. The zero-order valence-corrected chi connectivity index (χ0v) is 38.8. The highest BCUT2D eigenvalue weighted by Gasteiger charge is 2.49. The van der Waals surface area contributed by atoms with E-state index in [1.807, 2.05) is 182 Å². The Labute approximate surface area is 404 Å². The number of hydrogen-bond acceptors (Lipinski definition) is 11. The molecule has 1 saturated heterocycles. The zero-order chi connectivity index (χ0) is 48.0. The summed E-state index contributed by atoms with van der Waals surface area (Å²) in [5.74, 6) is -1.87. The van der Waals surface area contributed by atoms with Gasteiger partial charge >= 0.3 is 5.97 Å². The third-order valence-corrected chi connectivity index (χ3v) is 11.5. The van der Waals surface area contributed by atoms with Crippen LogP contribution in [0.3, 0.4) is 0 Å².